The Kier molecular flexibility index (Phi) is 2.90. The zero-order valence-electron chi connectivity index (χ0n) is 7.30. The molecule has 0 unspecified atom stereocenters. The maximum Gasteiger partial charge on any atom is 0.263 e. The molecule has 0 aliphatic carbocycles. The highest BCUT2D eigenvalue weighted by molar-refractivity contribution is 8.26. The van der Waals surface area contributed by atoms with Gasteiger partial charge in [0.25, 0.3) is 5.91 Å². The van der Waals surface area contributed by atoms with Crippen molar-refractivity contribution in [1.29, 1.82) is 0 Å². The molecule has 0 aromatic rings. The van der Waals surface area contributed by atoms with Crippen LogP contribution in [0.15, 0.2) is 10.5 Å². The quantitative estimate of drug-likeness (QED) is 0.520. The van der Waals surface area contributed by atoms with E-state index in [0.29, 0.717) is 10.2 Å². The monoisotopic (exact) mass is 201 g/mol. The van der Waals surface area contributed by atoms with Gasteiger partial charge in [-0.2, -0.15) is 0 Å². The average Bonchev–Trinajstić information content (AvgIpc) is 2.28. The van der Waals surface area contributed by atoms with Crippen LogP contribution in [0.1, 0.15) is 20.8 Å². The van der Waals surface area contributed by atoms with Crippen LogP contribution in [0, 0.1) is 5.92 Å². The molecular formula is C8H11NOS2. The Hall–Kier alpha value is -0.350. The standard InChI is InChI=1S/C8H11NOS2/c1-4(2)5(3)6-7(10)9-8(11)12-6/h4H,1-3H3,(H,9,10,11)/b6-5-. The molecule has 0 spiro atoms. The highest BCUT2D eigenvalue weighted by Gasteiger charge is 2.24. The van der Waals surface area contributed by atoms with E-state index >= 15 is 0 Å². The second-order valence-corrected chi connectivity index (χ2v) is 4.70. The number of allylic oxidation sites excluding steroid dienone is 1. The first-order valence-corrected chi connectivity index (χ1v) is 4.98. The lowest BCUT2D eigenvalue weighted by atomic mass is 10.1. The fourth-order valence-electron chi connectivity index (χ4n) is 0.836. The van der Waals surface area contributed by atoms with Crippen LogP contribution in [0.2, 0.25) is 0 Å². The highest BCUT2D eigenvalue weighted by atomic mass is 32.2. The molecule has 1 aliphatic heterocycles. The van der Waals surface area contributed by atoms with E-state index in [2.05, 4.69) is 19.2 Å². The van der Waals surface area contributed by atoms with E-state index < -0.39 is 0 Å². The first kappa shape index (κ1) is 9.74. The number of thiocarbonyl (C=S) groups is 1. The van der Waals surface area contributed by atoms with Crippen LogP contribution in [0.25, 0.3) is 0 Å². The predicted octanol–water partition coefficient (Wildman–Crippen LogP) is 2.06. The van der Waals surface area contributed by atoms with Gasteiger partial charge in [-0.15, -0.1) is 0 Å². The van der Waals surface area contributed by atoms with Gasteiger partial charge < -0.3 is 5.32 Å². The third-order valence-corrected chi connectivity index (χ3v) is 3.19. The minimum atomic E-state index is -0.0452. The Morgan fingerprint density at radius 2 is 2.17 bits per heavy atom. The third-order valence-electron chi connectivity index (χ3n) is 1.84. The highest BCUT2D eigenvalue weighted by Crippen LogP contribution is 2.29. The number of hydrogen-bond acceptors (Lipinski definition) is 3. The second kappa shape index (κ2) is 3.58. The van der Waals surface area contributed by atoms with Gasteiger partial charge in [-0.25, -0.2) is 0 Å². The summed E-state index contributed by atoms with van der Waals surface area (Å²) in [5, 5.41) is 2.60. The summed E-state index contributed by atoms with van der Waals surface area (Å²) in [6.45, 7) is 6.11. The summed E-state index contributed by atoms with van der Waals surface area (Å²) in [6, 6.07) is 0. The lowest BCUT2D eigenvalue weighted by Crippen LogP contribution is -2.18. The summed E-state index contributed by atoms with van der Waals surface area (Å²) < 4.78 is 0.565. The van der Waals surface area contributed by atoms with Gasteiger partial charge in [-0.1, -0.05) is 43.4 Å². The molecule has 1 aliphatic rings. The van der Waals surface area contributed by atoms with Gasteiger partial charge in [0.2, 0.25) is 0 Å². The van der Waals surface area contributed by atoms with Gasteiger partial charge in [0.1, 0.15) is 4.32 Å². The van der Waals surface area contributed by atoms with Crippen molar-refractivity contribution in [3.63, 3.8) is 0 Å². The van der Waals surface area contributed by atoms with E-state index in [1.54, 1.807) is 0 Å². The zero-order chi connectivity index (χ0) is 9.30. The molecule has 2 nitrogen and oxygen atoms in total. The molecule has 66 valence electrons. The molecule has 1 N–H and O–H groups in total. The Labute approximate surface area is 81.8 Å². The van der Waals surface area contributed by atoms with Crippen LogP contribution in [0.4, 0.5) is 0 Å². The van der Waals surface area contributed by atoms with Crippen molar-refractivity contribution in [2.75, 3.05) is 0 Å². The summed E-state index contributed by atoms with van der Waals surface area (Å²) >= 11 is 6.24. The Morgan fingerprint density at radius 1 is 1.58 bits per heavy atom. The Morgan fingerprint density at radius 3 is 2.50 bits per heavy atom. The number of carbonyl (C=O) groups excluding carboxylic acids is 1. The summed E-state index contributed by atoms with van der Waals surface area (Å²) in [4.78, 5) is 12.0. The minimum Gasteiger partial charge on any atom is -0.307 e. The molecule has 1 saturated heterocycles. The van der Waals surface area contributed by atoms with Crippen molar-refractivity contribution >= 4 is 34.2 Å². The molecule has 0 aromatic carbocycles. The van der Waals surface area contributed by atoms with Crippen LogP contribution in [0.3, 0.4) is 0 Å². The molecule has 0 radical (unpaired) electrons. The van der Waals surface area contributed by atoms with Crippen LogP contribution in [-0.2, 0) is 4.79 Å². The SMILES string of the molecule is C/C(=C1/SC(=S)NC1=O)C(C)C. The van der Waals surface area contributed by atoms with E-state index in [0.717, 1.165) is 10.5 Å². The molecule has 0 atom stereocenters. The first-order valence-electron chi connectivity index (χ1n) is 3.76. The molecular weight excluding hydrogens is 190 g/mol. The lowest BCUT2D eigenvalue weighted by Gasteiger charge is -2.05. The van der Waals surface area contributed by atoms with Crippen molar-refractivity contribution in [3.8, 4) is 0 Å². The third kappa shape index (κ3) is 1.87. The lowest BCUT2D eigenvalue weighted by molar-refractivity contribution is -0.115. The topological polar surface area (TPSA) is 29.1 Å². The molecule has 1 fully saturated rings. The first-order chi connectivity index (χ1) is 5.52. The number of carbonyl (C=O) groups is 1. The number of nitrogens with one attached hydrogen (secondary N) is 1. The van der Waals surface area contributed by atoms with E-state index in [9.17, 15) is 4.79 Å². The molecule has 1 amide bonds. The van der Waals surface area contributed by atoms with E-state index in [1.165, 1.54) is 11.8 Å². The number of amides is 1. The molecule has 0 aromatic heterocycles. The van der Waals surface area contributed by atoms with Gasteiger partial charge in [-0.05, 0) is 12.8 Å². The predicted molar refractivity (Wildman–Crippen MR) is 55.9 cm³/mol. The van der Waals surface area contributed by atoms with E-state index in [1.807, 2.05) is 6.92 Å². The van der Waals surface area contributed by atoms with Crippen LogP contribution >= 0.6 is 24.0 Å². The maximum absolute atomic E-state index is 11.3. The second-order valence-electron chi connectivity index (χ2n) is 3.01. The fourth-order valence-corrected chi connectivity index (χ4v) is 2.05. The molecule has 0 bridgehead atoms. The van der Waals surface area contributed by atoms with Gasteiger partial charge >= 0.3 is 0 Å². The summed E-state index contributed by atoms with van der Waals surface area (Å²) in [5.41, 5.74) is 1.11. The number of hydrogen-bond donors (Lipinski definition) is 1. The molecule has 1 heterocycles. The van der Waals surface area contributed by atoms with E-state index in [-0.39, 0.29) is 5.91 Å². The van der Waals surface area contributed by atoms with Gasteiger partial charge in [0.05, 0.1) is 4.91 Å². The summed E-state index contributed by atoms with van der Waals surface area (Å²) in [6.07, 6.45) is 0. The molecule has 1 rings (SSSR count). The van der Waals surface area contributed by atoms with Crippen molar-refractivity contribution in [3.05, 3.63) is 10.5 Å². The smallest absolute Gasteiger partial charge is 0.263 e. The molecule has 0 saturated carbocycles. The molecule has 4 heteroatoms. The van der Waals surface area contributed by atoms with Gasteiger partial charge in [0, 0.05) is 0 Å². The van der Waals surface area contributed by atoms with Crippen molar-refractivity contribution in [2.24, 2.45) is 5.92 Å². The van der Waals surface area contributed by atoms with E-state index in [4.69, 9.17) is 12.2 Å². The fraction of sp³-hybridized carbons (Fsp3) is 0.500. The van der Waals surface area contributed by atoms with Crippen LogP contribution in [0.5, 0.6) is 0 Å². The molecule has 12 heavy (non-hydrogen) atoms. The van der Waals surface area contributed by atoms with Gasteiger partial charge in [0.15, 0.2) is 0 Å². The summed E-state index contributed by atoms with van der Waals surface area (Å²) in [5.74, 6) is 0.357. The van der Waals surface area contributed by atoms with Crippen molar-refractivity contribution < 1.29 is 4.79 Å². The largest absolute Gasteiger partial charge is 0.307 e. The minimum absolute atomic E-state index is 0.0452. The Bertz CT molecular complexity index is 268. The maximum atomic E-state index is 11.3. The average molecular weight is 201 g/mol. The van der Waals surface area contributed by atoms with Gasteiger partial charge in [-0.3, -0.25) is 4.79 Å². The normalized spacial score (nSPS) is 21.7. The van der Waals surface area contributed by atoms with Crippen molar-refractivity contribution in [2.45, 2.75) is 20.8 Å². The van der Waals surface area contributed by atoms with Crippen LogP contribution < -0.4 is 5.32 Å². The number of rotatable bonds is 1. The summed E-state index contributed by atoms with van der Waals surface area (Å²) in [7, 11) is 0. The number of thioether (sulfide) groups is 1. The Balaban J connectivity index is 2.95. The van der Waals surface area contributed by atoms with Crippen molar-refractivity contribution in [1.82, 2.24) is 5.32 Å². The van der Waals surface area contributed by atoms with Crippen LogP contribution in [-0.4, -0.2) is 10.2 Å². The zero-order valence-corrected chi connectivity index (χ0v) is 8.94.